The first-order chi connectivity index (χ1) is 9.95. The van der Waals surface area contributed by atoms with Crippen LogP contribution in [0.15, 0.2) is 0 Å². The van der Waals surface area contributed by atoms with E-state index < -0.39 is 18.2 Å². The molecule has 1 heterocycles. The minimum atomic E-state index is -0.689. The van der Waals surface area contributed by atoms with Gasteiger partial charge in [-0.05, 0) is 12.3 Å². The second-order valence-electron chi connectivity index (χ2n) is 5.67. The molecule has 1 fully saturated rings. The molecule has 0 bridgehead atoms. The number of aliphatic hydroxyl groups excluding tert-OH is 1. The van der Waals surface area contributed by atoms with E-state index in [4.69, 9.17) is 9.47 Å². The molecule has 7 nitrogen and oxygen atoms in total. The van der Waals surface area contributed by atoms with Crippen molar-refractivity contribution in [1.29, 1.82) is 0 Å². The molecule has 1 aliphatic heterocycles. The molecule has 7 heteroatoms. The third-order valence-electron chi connectivity index (χ3n) is 3.18. The molecule has 0 saturated carbocycles. The molecule has 0 aromatic rings. The minimum Gasteiger partial charge on any atom is -0.449 e. The van der Waals surface area contributed by atoms with E-state index in [1.54, 1.807) is 7.11 Å². The summed E-state index contributed by atoms with van der Waals surface area (Å²) < 4.78 is 10.0. The van der Waals surface area contributed by atoms with Gasteiger partial charge in [0, 0.05) is 26.7 Å². The Morgan fingerprint density at radius 3 is 2.76 bits per heavy atom. The van der Waals surface area contributed by atoms with Crippen molar-refractivity contribution in [3.8, 4) is 0 Å². The fourth-order valence-corrected chi connectivity index (χ4v) is 2.13. The highest BCUT2D eigenvalue weighted by molar-refractivity contribution is 5.86. The van der Waals surface area contributed by atoms with E-state index in [2.05, 4.69) is 5.32 Å². The van der Waals surface area contributed by atoms with E-state index in [0.29, 0.717) is 26.2 Å². The molecule has 21 heavy (non-hydrogen) atoms. The van der Waals surface area contributed by atoms with Gasteiger partial charge in [-0.25, -0.2) is 4.79 Å². The van der Waals surface area contributed by atoms with Gasteiger partial charge in [0.1, 0.15) is 6.04 Å². The van der Waals surface area contributed by atoms with E-state index in [0.717, 1.165) is 0 Å². The van der Waals surface area contributed by atoms with Crippen LogP contribution in [0, 0.1) is 5.92 Å². The van der Waals surface area contributed by atoms with Gasteiger partial charge in [-0.3, -0.25) is 9.69 Å². The molecule has 2 N–H and O–H groups in total. The molecule has 2 atom stereocenters. The summed E-state index contributed by atoms with van der Waals surface area (Å²) in [6.07, 6.45) is -0.286. The average Bonchev–Trinajstić information content (AvgIpc) is 2.83. The van der Waals surface area contributed by atoms with Crippen LogP contribution < -0.4 is 5.32 Å². The van der Waals surface area contributed by atoms with Crippen molar-refractivity contribution in [2.75, 3.05) is 33.4 Å². The number of hydrogen-bond acceptors (Lipinski definition) is 5. The van der Waals surface area contributed by atoms with Crippen molar-refractivity contribution in [2.24, 2.45) is 5.92 Å². The van der Waals surface area contributed by atoms with Gasteiger partial charge in [-0.15, -0.1) is 0 Å². The maximum absolute atomic E-state index is 12.1. The zero-order valence-corrected chi connectivity index (χ0v) is 13.0. The first-order valence-corrected chi connectivity index (χ1v) is 7.33. The fraction of sp³-hybridized carbons (Fsp3) is 0.857. The molecular weight excluding hydrogens is 276 g/mol. The predicted molar refractivity (Wildman–Crippen MR) is 76.8 cm³/mol. The quantitative estimate of drug-likeness (QED) is 0.663. The third kappa shape index (κ3) is 5.89. The van der Waals surface area contributed by atoms with Crippen molar-refractivity contribution >= 4 is 12.0 Å². The van der Waals surface area contributed by atoms with Gasteiger partial charge in [0.2, 0.25) is 5.91 Å². The molecule has 1 saturated heterocycles. The highest BCUT2D eigenvalue weighted by Crippen LogP contribution is 2.19. The van der Waals surface area contributed by atoms with Crippen LogP contribution in [-0.2, 0) is 14.3 Å². The minimum absolute atomic E-state index is 0.132. The predicted octanol–water partition coefficient (Wildman–Crippen LogP) is 0.367. The summed E-state index contributed by atoms with van der Waals surface area (Å²) in [6.45, 7) is 5.35. The fourth-order valence-electron chi connectivity index (χ4n) is 2.13. The van der Waals surface area contributed by atoms with Gasteiger partial charge >= 0.3 is 6.09 Å². The molecule has 0 aliphatic carbocycles. The number of likely N-dealkylation sites (tertiary alicyclic amines) is 1. The molecule has 0 aromatic heterocycles. The lowest BCUT2D eigenvalue weighted by atomic mass is 10.2. The monoisotopic (exact) mass is 302 g/mol. The largest absolute Gasteiger partial charge is 0.449 e. The van der Waals surface area contributed by atoms with Crippen molar-refractivity contribution in [2.45, 2.75) is 38.8 Å². The molecule has 2 amide bonds. The highest BCUT2D eigenvalue weighted by atomic mass is 16.6. The standard InChI is InChI=1S/C14H26N2O5/c1-10(2)9-21-14(19)16-8-11(17)7-12(16)13(18)15-5-4-6-20-3/h10-12,17H,4-9H2,1-3H3,(H,15,18). The summed E-state index contributed by atoms with van der Waals surface area (Å²) in [4.78, 5) is 25.4. The number of carbonyl (C=O) groups is 2. The molecular formula is C14H26N2O5. The topological polar surface area (TPSA) is 88.1 Å². The number of ether oxygens (including phenoxy) is 2. The second-order valence-corrected chi connectivity index (χ2v) is 5.67. The van der Waals surface area contributed by atoms with E-state index >= 15 is 0 Å². The number of carbonyl (C=O) groups excluding carboxylic acids is 2. The number of aliphatic hydroxyl groups is 1. The van der Waals surface area contributed by atoms with E-state index in [-0.39, 0.29) is 24.8 Å². The number of methoxy groups -OCH3 is 1. The Labute approximate surface area is 125 Å². The zero-order chi connectivity index (χ0) is 15.8. The Hall–Kier alpha value is -1.34. The number of β-amino-alcohol motifs (C(OH)–C–C–N with tert-alkyl or cyclic N) is 1. The average molecular weight is 302 g/mol. The molecule has 1 aliphatic rings. The lowest BCUT2D eigenvalue weighted by Gasteiger charge is -2.23. The van der Waals surface area contributed by atoms with Crippen LogP contribution in [0.3, 0.4) is 0 Å². The van der Waals surface area contributed by atoms with Crippen molar-refractivity contribution in [3.63, 3.8) is 0 Å². The second kappa shape index (κ2) is 8.84. The van der Waals surface area contributed by atoms with Gasteiger partial charge in [-0.1, -0.05) is 13.8 Å². The van der Waals surface area contributed by atoms with Gasteiger partial charge < -0.3 is 19.9 Å². The number of nitrogens with one attached hydrogen (secondary N) is 1. The van der Waals surface area contributed by atoms with Crippen LogP contribution in [0.25, 0.3) is 0 Å². The van der Waals surface area contributed by atoms with Crippen LogP contribution >= 0.6 is 0 Å². The van der Waals surface area contributed by atoms with Crippen LogP contribution in [0.5, 0.6) is 0 Å². The zero-order valence-electron chi connectivity index (χ0n) is 13.0. The normalized spacial score (nSPS) is 21.7. The molecule has 0 aromatic carbocycles. The lowest BCUT2D eigenvalue weighted by Crippen LogP contribution is -2.46. The first kappa shape index (κ1) is 17.7. The molecule has 122 valence electrons. The first-order valence-electron chi connectivity index (χ1n) is 7.33. The summed E-state index contributed by atoms with van der Waals surface area (Å²) in [7, 11) is 1.60. The highest BCUT2D eigenvalue weighted by Gasteiger charge is 2.39. The molecule has 2 unspecified atom stereocenters. The van der Waals surface area contributed by atoms with Crippen LogP contribution in [0.1, 0.15) is 26.7 Å². The van der Waals surface area contributed by atoms with E-state index in [9.17, 15) is 14.7 Å². The summed E-state index contributed by atoms with van der Waals surface area (Å²) in [6, 6.07) is -0.665. The van der Waals surface area contributed by atoms with E-state index in [1.165, 1.54) is 4.90 Å². The number of hydrogen-bond donors (Lipinski definition) is 2. The Balaban J connectivity index is 2.49. The summed E-state index contributed by atoms with van der Waals surface area (Å²) in [5.74, 6) is -0.0352. The smallest absolute Gasteiger partial charge is 0.410 e. The Morgan fingerprint density at radius 2 is 2.14 bits per heavy atom. The number of amides is 2. The summed E-state index contributed by atoms with van der Waals surface area (Å²) in [5.41, 5.74) is 0. The van der Waals surface area contributed by atoms with Crippen LogP contribution in [0.2, 0.25) is 0 Å². The Morgan fingerprint density at radius 1 is 1.43 bits per heavy atom. The number of nitrogens with zero attached hydrogens (tertiary/aromatic N) is 1. The molecule has 1 rings (SSSR count). The molecule has 0 radical (unpaired) electrons. The van der Waals surface area contributed by atoms with Gasteiger partial charge in [0.25, 0.3) is 0 Å². The molecule has 0 spiro atoms. The number of rotatable bonds is 7. The maximum Gasteiger partial charge on any atom is 0.410 e. The van der Waals surface area contributed by atoms with Gasteiger partial charge in [0.05, 0.1) is 19.3 Å². The Kier molecular flexibility index (Phi) is 7.45. The van der Waals surface area contributed by atoms with Gasteiger partial charge in [-0.2, -0.15) is 0 Å². The lowest BCUT2D eigenvalue weighted by molar-refractivity contribution is -0.125. The van der Waals surface area contributed by atoms with E-state index in [1.807, 2.05) is 13.8 Å². The maximum atomic E-state index is 12.1. The van der Waals surface area contributed by atoms with Crippen molar-refractivity contribution in [1.82, 2.24) is 10.2 Å². The van der Waals surface area contributed by atoms with Crippen LogP contribution in [-0.4, -0.2) is 67.6 Å². The van der Waals surface area contributed by atoms with Crippen LogP contribution in [0.4, 0.5) is 4.79 Å². The summed E-state index contributed by atoms with van der Waals surface area (Å²) in [5, 5.41) is 12.5. The Bertz CT molecular complexity index is 348. The SMILES string of the molecule is COCCCNC(=O)C1CC(O)CN1C(=O)OCC(C)C. The van der Waals surface area contributed by atoms with Crippen molar-refractivity contribution < 1.29 is 24.2 Å². The van der Waals surface area contributed by atoms with Crippen molar-refractivity contribution in [3.05, 3.63) is 0 Å². The van der Waals surface area contributed by atoms with Gasteiger partial charge in [0.15, 0.2) is 0 Å². The third-order valence-corrected chi connectivity index (χ3v) is 3.18. The summed E-state index contributed by atoms with van der Waals surface area (Å²) >= 11 is 0.